The SMILES string of the molecule is CCCCCCCCC(C#N)S(=O)(=O)NCCCCCCCCCC#N. The van der Waals surface area contributed by atoms with Crippen LogP contribution in [0.25, 0.3) is 0 Å². The number of nitriles is 2. The van der Waals surface area contributed by atoms with E-state index in [9.17, 15) is 13.7 Å². The molecule has 26 heavy (non-hydrogen) atoms. The second-order valence-corrected chi connectivity index (χ2v) is 8.94. The largest absolute Gasteiger partial charge is 0.227 e. The molecule has 0 saturated heterocycles. The van der Waals surface area contributed by atoms with Crippen LogP contribution in [-0.4, -0.2) is 20.2 Å². The van der Waals surface area contributed by atoms with E-state index in [4.69, 9.17) is 5.26 Å². The average molecular weight is 384 g/mol. The van der Waals surface area contributed by atoms with Gasteiger partial charge < -0.3 is 0 Å². The number of rotatable bonds is 18. The Kier molecular flexibility index (Phi) is 16.6. The predicted molar refractivity (Wildman–Crippen MR) is 107 cm³/mol. The highest BCUT2D eigenvalue weighted by atomic mass is 32.2. The fourth-order valence-electron chi connectivity index (χ4n) is 2.93. The Bertz CT molecular complexity index is 506. The molecule has 150 valence electrons. The summed E-state index contributed by atoms with van der Waals surface area (Å²) < 4.78 is 27.0. The Morgan fingerprint density at radius 2 is 1.35 bits per heavy atom. The van der Waals surface area contributed by atoms with Gasteiger partial charge in [-0.15, -0.1) is 0 Å². The molecule has 0 aliphatic rings. The molecular weight excluding hydrogens is 346 g/mol. The summed E-state index contributed by atoms with van der Waals surface area (Å²) in [7, 11) is -3.52. The number of nitrogens with zero attached hydrogens (tertiary/aromatic N) is 2. The van der Waals surface area contributed by atoms with Crippen LogP contribution < -0.4 is 4.72 Å². The summed E-state index contributed by atoms with van der Waals surface area (Å²) in [5, 5.41) is 16.7. The zero-order valence-electron chi connectivity index (χ0n) is 16.5. The van der Waals surface area contributed by atoms with Gasteiger partial charge in [-0.05, 0) is 19.3 Å². The zero-order valence-corrected chi connectivity index (χ0v) is 17.3. The maximum atomic E-state index is 12.2. The minimum absolute atomic E-state index is 0.422. The molecule has 0 radical (unpaired) electrons. The monoisotopic (exact) mass is 383 g/mol. The van der Waals surface area contributed by atoms with Crippen LogP contribution in [0.4, 0.5) is 0 Å². The average Bonchev–Trinajstić information content (AvgIpc) is 2.62. The second kappa shape index (κ2) is 17.3. The lowest BCUT2D eigenvalue weighted by Crippen LogP contribution is -2.34. The highest BCUT2D eigenvalue weighted by molar-refractivity contribution is 7.90. The van der Waals surface area contributed by atoms with E-state index in [1.54, 1.807) is 0 Å². The molecule has 0 aromatic rings. The Morgan fingerprint density at radius 3 is 1.92 bits per heavy atom. The van der Waals surface area contributed by atoms with Crippen molar-refractivity contribution in [1.29, 1.82) is 10.5 Å². The molecule has 5 nitrogen and oxygen atoms in total. The topological polar surface area (TPSA) is 93.8 Å². The van der Waals surface area contributed by atoms with Crippen molar-refractivity contribution in [2.24, 2.45) is 0 Å². The van der Waals surface area contributed by atoms with Crippen LogP contribution in [0.2, 0.25) is 0 Å². The summed E-state index contributed by atoms with van der Waals surface area (Å²) in [6.45, 7) is 2.59. The van der Waals surface area contributed by atoms with E-state index >= 15 is 0 Å². The fourth-order valence-corrected chi connectivity index (χ4v) is 4.17. The molecule has 0 spiro atoms. The van der Waals surface area contributed by atoms with Crippen molar-refractivity contribution in [3.8, 4) is 12.1 Å². The van der Waals surface area contributed by atoms with Crippen molar-refractivity contribution >= 4 is 10.0 Å². The van der Waals surface area contributed by atoms with Gasteiger partial charge in [-0.1, -0.05) is 77.6 Å². The molecule has 1 atom stereocenters. The van der Waals surface area contributed by atoms with E-state index < -0.39 is 15.3 Å². The summed E-state index contributed by atoms with van der Waals surface area (Å²) in [6, 6.07) is 4.11. The summed E-state index contributed by atoms with van der Waals surface area (Å²) >= 11 is 0. The molecule has 0 amide bonds. The van der Waals surface area contributed by atoms with Crippen LogP contribution in [0.3, 0.4) is 0 Å². The molecule has 0 aliphatic carbocycles. The van der Waals surface area contributed by atoms with Crippen molar-refractivity contribution < 1.29 is 8.42 Å². The molecule has 0 heterocycles. The number of unbranched alkanes of at least 4 members (excludes halogenated alkanes) is 12. The molecule has 0 rings (SSSR count). The number of sulfonamides is 1. The van der Waals surface area contributed by atoms with Gasteiger partial charge in [0.1, 0.15) is 0 Å². The highest BCUT2D eigenvalue weighted by Gasteiger charge is 2.23. The van der Waals surface area contributed by atoms with Gasteiger partial charge in [0.2, 0.25) is 10.0 Å². The molecule has 1 N–H and O–H groups in total. The summed E-state index contributed by atoms with van der Waals surface area (Å²) in [4.78, 5) is 0. The van der Waals surface area contributed by atoms with Crippen molar-refractivity contribution in [3.05, 3.63) is 0 Å². The normalized spacial score (nSPS) is 12.4. The minimum Gasteiger partial charge on any atom is -0.214 e. The molecule has 0 bridgehead atoms. The summed E-state index contributed by atoms with van der Waals surface area (Å²) in [5.41, 5.74) is 0. The third-order valence-electron chi connectivity index (χ3n) is 4.61. The summed E-state index contributed by atoms with van der Waals surface area (Å²) in [5.74, 6) is 0. The molecule has 0 saturated carbocycles. The predicted octanol–water partition coefficient (Wildman–Crippen LogP) is 5.19. The Morgan fingerprint density at radius 1 is 0.808 bits per heavy atom. The third kappa shape index (κ3) is 14.1. The Balaban J connectivity index is 3.76. The molecule has 1 unspecified atom stereocenters. The van der Waals surface area contributed by atoms with E-state index in [1.807, 2.05) is 6.07 Å². The summed E-state index contributed by atoms with van der Waals surface area (Å²) in [6.07, 6.45) is 14.9. The first-order chi connectivity index (χ1) is 12.6. The first-order valence-electron chi connectivity index (χ1n) is 10.3. The second-order valence-electron chi connectivity index (χ2n) is 7.00. The van der Waals surface area contributed by atoms with Gasteiger partial charge in [0.25, 0.3) is 0 Å². The highest BCUT2D eigenvalue weighted by Crippen LogP contribution is 2.13. The van der Waals surface area contributed by atoms with Crippen LogP contribution in [-0.2, 0) is 10.0 Å². The smallest absolute Gasteiger partial charge is 0.214 e. The molecule has 6 heteroatoms. The van der Waals surface area contributed by atoms with Crippen LogP contribution in [0, 0.1) is 22.7 Å². The van der Waals surface area contributed by atoms with Gasteiger partial charge in [0, 0.05) is 13.0 Å². The molecule has 0 aromatic carbocycles. The lowest BCUT2D eigenvalue weighted by Gasteiger charge is -2.12. The Hall–Kier alpha value is -1.11. The molecule has 0 aromatic heterocycles. The van der Waals surface area contributed by atoms with Crippen molar-refractivity contribution in [3.63, 3.8) is 0 Å². The van der Waals surface area contributed by atoms with Crippen molar-refractivity contribution in [2.75, 3.05) is 6.54 Å². The standard InChI is InChI=1S/C20H37N3O2S/c1-2-3-4-5-10-13-16-20(19-22)26(24,25)23-18-15-12-9-7-6-8-11-14-17-21/h20,23H,2-16,18H2,1H3. The van der Waals surface area contributed by atoms with E-state index in [0.29, 0.717) is 19.4 Å². The van der Waals surface area contributed by atoms with Crippen LogP contribution in [0.15, 0.2) is 0 Å². The molecular formula is C20H37N3O2S. The Labute approximate surface area is 161 Å². The number of hydrogen-bond acceptors (Lipinski definition) is 4. The van der Waals surface area contributed by atoms with Gasteiger partial charge in [-0.2, -0.15) is 10.5 Å². The first kappa shape index (κ1) is 24.9. The van der Waals surface area contributed by atoms with Crippen molar-refractivity contribution in [2.45, 2.75) is 108 Å². The van der Waals surface area contributed by atoms with Gasteiger partial charge in [0.15, 0.2) is 5.25 Å². The van der Waals surface area contributed by atoms with Crippen molar-refractivity contribution in [1.82, 2.24) is 4.72 Å². The van der Waals surface area contributed by atoms with Crippen LogP contribution in [0.1, 0.15) is 103 Å². The maximum absolute atomic E-state index is 12.2. The van der Waals surface area contributed by atoms with E-state index in [-0.39, 0.29) is 0 Å². The minimum atomic E-state index is -3.52. The van der Waals surface area contributed by atoms with Crippen LogP contribution >= 0.6 is 0 Å². The van der Waals surface area contributed by atoms with Gasteiger partial charge in [0.05, 0.1) is 12.1 Å². The van der Waals surface area contributed by atoms with Gasteiger partial charge >= 0.3 is 0 Å². The van der Waals surface area contributed by atoms with E-state index in [1.165, 1.54) is 19.3 Å². The molecule has 0 fully saturated rings. The zero-order chi connectivity index (χ0) is 19.5. The van der Waals surface area contributed by atoms with Crippen LogP contribution in [0.5, 0.6) is 0 Å². The van der Waals surface area contributed by atoms with Gasteiger partial charge in [-0.25, -0.2) is 13.1 Å². The van der Waals surface area contributed by atoms with E-state index in [2.05, 4.69) is 17.7 Å². The maximum Gasteiger partial charge on any atom is 0.227 e. The van der Waals surface area contributed by atoms with E-state index in [0.717, 1.165) is 64.2 Å². The lowest BCUT2D eigenvalue weighted by atomic mass is 10.1. The van der Waals surface area contributed by atoms with Gasteiger partial charge in [-0.3, -0.25) is 0 Å². The number of hydrogen-bond donors (Lipinski definition) is 1. The first-order valence-corrected chi connectivity index (χ1v) is 11.9. The third-order valence-corrected chi connectivity index (χ3v) is 6.30. The lowest BCUT2D eigenvalue weighted by molar-refractivity contribution is 0.546. The quantitative estimate of drug-likeness (QED) is 0.329. The fraction of sp³-hybridized carbons (Fsp3) is 0.900. The molecule has 0 aliphatic heterocycles. The number of nitrogens with one attached hydrogen (secondary N) is 1.